The van der Waals surface area contributed by atoms with Crippen molar-refractivity contribution in [2.24, 2.45) is 5.73 Å². The van der Waals surface area contributed by atoms with Crippen LogP contribution in [-0.2, 0) is 17.8 Å². The van der Waals surface area contributed by atoms with Crippen LogP contribution in [0.2, 0.25) is 0 Å². The molecule has 0 unspecified atom stereocenters. The first kappa shape index (κ1) is 15.0. The zero-order chi connectivity index (χ0) is 14.6. The van der Waals surface area contributed by atoms with Gasteiger partial charge < -0.3 is 20.3 Å². The summed E-state index contributed by atoms with van der Waals surface area (Å²) in [6.07, 6.45) is -4.68. The average Bonchev–Trinajstić information content (AvgIpc) is 2.28. The Bertz CT molecular complexity index is 477. The molecule has 0 bridgehead atoms. The Kier molecular flexibility index (Phi) is 4.54. The summed E-state index contributed by atoms with van der Waals surface area (Å²) in [6.45, 7) is -0.206. The molecule has 3 N–H and O–H groups in total. The summed E-state index contributed by atoms with van der Waals surface area (Å²) in [5.74, 6) is -2.07. The van der Waals surface area contributed by atoms with Crippen LogP contribution in [0.3, 0.4) is 0 Å². The van der Waals surface area contributed by atoms with Gasteiger partial charge in [-0.05, 0) is 0 Å². The maximum atomic E-state index is 12.2. The van der Waals surface area contributed by atoms with Crippen molar-refractivity contribution in [3.63, 3.8) is 0 Å². The number of aromatic nitrogens is 1. The Balaban J connectivity index is 3.33. The van der Waals surface area contributed by atoms with E-state index in [4.69, 9.17) is 15.6 Å². The van der Waals surface area contributed by atoms with Crippen molar-refractivity contribution in [3.05, 3.63) is 17.3 Å². The largest absolute Gasteiger partial charge is 0.574 e. The highest BCUT2D eigenvalue weighted by atomic mass is 19.4. The smallest absolute Gasteiger partial charge is 0.495 e. The van der Waals surface area contributed by atoms with Gasteiger partial charge >= 0.3 is 12.3 Å². The lowest BCUT2D eigenvalue weighted by atomic mass is 10.1. The van der Waals surface area contributed by atoms with E-state index in [1.54, 1.807) is 0 Å². The first-order chi connectivity index (χ1) is 8.78. The molecule has 0 aromatic carbocycles. The summed E-state index contributed by atoms with van der Waals surface area (Å²) in [6, 6.07) is 0. The van der Waals surface area contributed by atoms with Gasteiger partial charge in [0, 0.05) is 17.7 Å². The average molecular weight is 280 g/mol. The summed E-state index contributed by atoms with van der Waals surface area (Å²) >= 11 is 0. The van der Waals surface area contributed by atoms with Crippen LogP contribution in [0.5, 0.6) is 11.6 Å². The number of ether oxygens (including phenoxy) is 2. The van der Waals surface area contributed by atoms with E-state index in [0.29, 0.717) is 0 Å². The van der Waals surface area contributed by atoms with Gasteiger partial charge in [-0.2, -0.15) is 0 Å². The molecule has 1 rings (SSSR count). The minimum Gasteiger partial charge on any atom is -0.495 e. The zero-order valence-corrected chi connectivity index (χ0v) is 9.82. The lowest BCUT2D eigenvalue weighted by Crippen LogP contribution is -2.21. The lowest BCUT2D eigenvalue weighted by molar-refractivity contribution is -0.276. The minimum atomic E-state index is -4.97. The normalized spacial score (nSPS) is 11.2. The quantitative estimate of drug-likeness (QED) is 0.838. The molecule has 1 heterocycles. The number of nitrogens with two attached hydrogens (primary N) is 1. The molecule has 1 aromatic rings. The molecule has 0 aliphatic rings. The van der Waals surface area contributed by atoms with E-state index in [0.717, 1.165) is 6.20 Å². The highest BCUT2D eigenvalue weighted by molar-refractivity contribution is 5.72. The standard InChI is InChI=1S/C10H11F3N2O4/c1-18-7-4-15-9(19-10(11,12)13)5(2-8(16)17)6(7)3-14/h4H,2-3,14H2,1H3,(H,16,17). The second-order valence-electron chi connectivity index (χ2n) is 3.41. The summed E-state index contributed by atoms with van der Waals surface area (Å²) in [5, 5.41) is 8.73. The third-order valence-corrected chi connectivity index (χ3v) is 2.18. The van der Waals surface area contributed by atoms with Crippen molar-refractivity contribution in [1.29, 1.82) is 0 Å². The van der Waals surface area contributed by atoms with E-state index in [9.17, 15) is 18.0 Å². The van der Waals surface area contributed by atoms with Gasteiger partial charge in [0.05, 0.1) is 19.7 Å². The number of halogens is 3. The first-order valence-corrected chi connectivity index (χ1v) is 5.00. The highest BCUT2D eigenvalue weighted by Crippen LogP contribution is 2.31. The number of pyridine rings is 1. The van der Waals surface area contributed by atoms with E-state index in [2.05, 4.69) is 9.72 Å². The number of nitrogens with zero attached hydrogens (tertiary/aromatic N) is 1. The Morgan fingerprint density at radius 1 is 1.47 bits per heavy atom. The maximum absolute atomic E-state index is 12.2. The summed E-state index contributed by atoms with van der Waals surface area (Å²) in [4.78, 5) is 14.1. The zero-order valence-electron chi connectivity index (χ0n) is 9.82. The van der Waals surface area contributed by atoms with Gasteiger partial charge in [-0.25, -0.2) is 4.98 Å². The fraction of sp³-hybridized carbons (Fsp3) is 0.400. The van der Waals surface area contributed by atoms with Gasteiger partial charge in [0.2, 0.25) is 5.88 Å². The second-order valence-corrected chi connectivity index (χ2v) is 3.41. The van der Waals surface area contributed by atoms with Crippen molar-refractivity contribution in [2.75, 3.05) is 7.11 Å². The lowest BCUT2D eigenvalue weighted by Gasteiger charge is -2.16. The number of alkyl halides is 3. The van der Waals surface area contributed by atoms with Crippen molar-refractivity contribution in [3.8, 4) is 11.6 Å². The highest BCUT2D eigenvalue weighted by Gasteiger charge is 2.34. The SMILES string of the molecule is COc1cnc(OC(F)(F)F)c(CC(=O)O)c1CN. The molecule has 106 valence electrons. The van der Waals surface area contributed by atoms with Crippen LogP contribution in [-0.4, -0.2) is 29.5 Å². The van der Waals surface area contributed by atoms with Crippen LogP contribution in [0.25, 0.3) is 0 Å². The van der Waals surface area contributed by atoms with Crippen molar-refractivity contribution >= 4 is 5.97 Å². The van der Waals surface area contributed by atoms with Crippen LogP contribution < -0.4 is 15.2 Å². The number of hydrogen-bond donors (Lipinski definition) is 2. The maximum Gasteiger partial charge on any atom is 0.574 e. The number of hydrogen-bond acceptors (Lipinski definition) is 5. The van der Waals surface area contributed by atoms with Gasteiger partial charge in [-0.1, -0.05) is 0 Å². The molecule has 0 atom stereocenters. The van der Waals surface area contributed by atoms with Crippen molar-refractivity contribution in [2.45, 2.75) is 19.3 Å². The topological polar surface area (TPSA) is 94.7 Å². The van der Waals surface area contributed by atoms with Crippen molar-refractivity contribution < 1.29 is 32.5 Å². The van der Waals surface area contributed by atoms with Crippen LogP contribution in [0.1, 0.15) is 11.1 Å². The molecule has 0 spiro atoms. The molecule has 19 heavy (non-hydrogen) atoms. The van der Waals surface area contributed by atoms with Gasteiger partial charge in [-0.3, -0.25) is 4.79 Å². The van der Waals surface area contributed by atoms with E-state index >= 15 is 0 Å². The van der Waals surface area contributed by atoms with Crippen LogP contribution in [0.15, 0.2) is 6.20 Å². The van der Waals surface area contributed by atoms with E-state index < -0.39 is 24.6 Å². The predicted octanol–water partition coefficient (Wildman–Crippen LogP) is 1.07. The van der Waals surface area contributed by atoms with Gasteiger partial charge in [0.15, 0.2) is 0 Å². The van der Waals surface area contributed by atoms with Crippen LogP contribution in [0, 0.1) is 0 Å². The fourth-order valence-electron chi connectivity index (χ4n) is 1.48. The van der Waals surface area contributed by atoms with Crippen molar-refractivity contribution in [1.82, 2.24) is 4.98 Å². The van der Waals surface area contributed by atoms with Crippen LogP contribution in [0.4, 0.5) is 13.2 Å². The molecule has 0 aliphatic carbocycles. The van der Waals surface area contributed by atoms with E-state index in [1.807, 2.05) is 0 Å². The molecule has 1 aromatic heterocycles. The second kappa shape index (κ2) is 5.74. The number of carboxylic acids is 1. The fourth-order valence-corrected chi connectivity index (χ4v) is 1.48. The molecule has 0 amide bonds. The Morgan fingerprint density at radius 3 is 2.53 bits per heavy atom. The number of aliphatic carboxylic acids is 1. The molecule has 9 heteroatoms. The molecule has 0 aliphatic heterocycles. The monoisotopic (exact) mass is 280 g/mol. The van der Waals surface area contributed by atoms with Gasteiger partial charge in [-0.15, -0.1) is 13.2 Å². The molecular weight excluding hydrogens is 269 g/mol. The number of carboxylic acid groups (broad SMARTS) is 1. The predicted molar refractivity (Wildman–Crippen MR) is 56.7 cm³/mol. The molecule has 0 fully saturated rings. The van der Waals surface area contributed by atoms with E-state index in [1.165, 1.54) is 7.11 Å². The summed E-state index contributed by atoms with van der Waals surface area (Å²) in [5.41, 5.74) is 5.25. The summed E-state index contributed by atoms with van der Waals surface area (Å²) < 4.78 is 45.2. The molecule has 0 saturated heterocycles. The Labute approximate surface area is 105 Å². The number of carbonyl (C=O) groups is 1. The number of methoxy groups -OCH3 is 1. The van der Waals surface area contributed by atoms with Gasteiger partial charge in [0.25, 0.3) is 0 Å². The Morgan fingerprint density at radius 2 is 2.11 bits per heavy atom. The van der Waals surface area contributed by atoms with Gasteiger partial charge in [0.1, 0.15) is 5.75 Å². The van der Waals surface area contributed by atoms with Crippen LogP contribution >= 0.6 is 0 Å². The first-order valence-electron chi connectivity index (χ1n) is 5.00. The molecule has 0 radical (unpaired) electrons. The molecule has 0 saturated carbocycles. The molecular formula is C10H11F3N2O4. The molecule has 6 nitrogen and oxygen atoms in total. The minimum absolute atomic E-state index is 0.105. The third kappa shape index (κ3) is 3.98. The van der Waals surface area contributed by atoms with E-state index in [-0.39, 0.29) is 23.4 Å². The third-order valence-electron chi connectivity index (χ3n) is 2.18. The summed E-state index contributed by atoms with van der Waals surface area (Å²) in [7, 11) is 1.27. The Hall–Kier alpha value is -2.03. The number of rotatable bonds is 5.